The van der Waals surface area contributed by atoms with Crippen LogP contribution >= 0.6 is 0 Å². The van der Waals surface area contributed by atoms with Crippen LogP contribution in [0.2, 0.25) is 0 Å². The Morgan fingerprint density at radius 1 is 0.978 bits per heavy atom. The maximum atomic E-state index is 15.0. The second-order valence-corrected chi connectivity index (χ2v) is 14.3. The molecule has 4 aliphatic rings. The molecule has 2 aliphatic heterocycles. The number of nitrogens with one attached hydrogen (secondary N) is 1. The molecular formula is C32H55F2N3O9. The maximum Gasteiger partial charge on any atom is 0.410 e. The first-order valence-electron chi connectivity index (χ1n) is 17.0. The fraction of sp³-hybridized carbons (Fsp3) is 0.938. The Hall–Kier alpha value is -1.68. The zero-order chi connectivity index (χ0) is 33.6. The molecule has 0 aromatic heterocycles. The SMILES string of the molecule is CC(C)OC(=O)N1CCC2(CC1)CC2CCCOC1CC(F)C(CC(=O)N2CC(CNC[C@H](O)[C@@H](O)[C@H](O)[C@H](O)CO)C2)C(F)C1. The first-order valence-corrected chi connectivity index (χ1v) is 17.0. The van der Waals surface area contributed by atoms with Crippen LogP contribution in [0, 0.1) is 23.2 Å². The van der Waals surface area contributed by atoms with Crippen LogP contribution in [0.25, 0.3) is 0 Å². The van der Waals surface area contributed by atoms with Crippen molar-refractivity contribution in [1.29, 1.82) is 0 Å². The quantitative estimate of drug-likeness (QED) is 0.130. The fourth-order valence-corrected chi connectivity index (χ4v) is 7.36. The van der Waals surface area contributed by atoms with Gasteiger partial charge < -0.3 is 50.1 Å². The smallest absolute Gasteiger partial charge is 0.410 e. The molecule has 4 rings (SSSR count). The molecule has 1 spiro atoms. The summed E-state index contributed by atoms with van der Waals surface area (Å²) in [6.07, 6.45) is -5.13. The fourth-order valence-electron chi connectivity index (χ4n) is 7.36. The van der Waals surface area contributed by atoms with Gasteiger partial charge in [-0.25, -0.2) is 13.6 Å². The van der Waals surface area contributed by atoms with Crippen LogP contribution < -0.4 is 5.32 Å². The number of carbonyl (C=O) groups excluding carboxylic acids is 2. The zero-order valence-corrected chi connectivity index (χ0v) is 27.2. The van der Waals surface area contributed by atoms with Gasteiger partial charge >= 0.3 is 6.09 Å². The standard InChI is InChI=1S/C32H55F2N3O9/c1-19(2)46-31(44)36-7-5-32(6-8-36)13-21(32)4-3-9-45-22-10-24(33)23(25(34)11-22)12-28(41)37-16-20(17-37)14-35-15-26(39)29(42)30(43)27(40)18-38/h19-27,29-30,35,38-40,42-43H,3-18H2,1-2H3/t21?,22?,23?,24?,25?,26-,27+,29+,30+/m0/s1. The minimum Gasteiger partial charge on any atom is -0.447 e. The van der Waals surface area contributed by atoms with Gasteiger partial charge in [0.25, 0.3) is 0 Å². The van der Waals surface area contributed by atoms with Crippen molar-refractivity contribution in [2.45, 2.75) is 114 Å². The summed E-state index contributed by atoms with van der Waals surface area (Å²) in [7, 11) is 0. The molecule has 2 amide bonds. The monoisotopic (exact) mass is 663 g/mol. The van der Waals surface area contributed by atoms with Gasteiger partial charge in [0.15, 0.2) is 0 Å². The van der Waals surface area contributed by atoms with Gasteiger partial charge in [-0.2, -0.15) is 0 Å². The lowest BCUT2D eigenvalue weighted by molar-refractivity contribution is -0.141. The van der Waals surface area contributed by atoms with Crippen molar-refractivity contribution >= 4 is 12.0 Å². The van der Waals surface area contributed by atoms with E-state index in [4.69, 9.17) is 14.6 Å². The molecule has 14 heteroatoms. The Bertz CT molecular complexity index is 970. The first-order chi connectivity index (χ1) is 21.8. The number of amides is 2. The van der Waals surface area contributed by atoms with E-state index >= 15 is 8.78 Å². The van der Waals surface area contributed by atoms with Gasteiger partial charge in [-0.3, -0.25) is 4.79 Å². The van der Waals surface area contributed by atoms with Gasteiger partial charge in [0.1, 0.15) is 30.7 Å². The number of aliphatic hydroxyl groups is 5. The van der Waals surface area contributed by atoms with Gasteiger partial charge in [0.05, 0.1) is 24.9 Å². The molecule has 2 aliphatic carbocycles. The van der Waals surface area contributed by atoms with Crippen molar-refractivity contribution in [2.75, 3.05) is 52.5 Å². The molecule has 0 bridgehead atoms. The highest BCUT2D eigenvalue weighted by Gasteiger charge is 2.54. The Labute approximate surface area is 270 Å². The number of halogens is 2. The molecule has 6 N–H and O–H groups in total. The van der Waals surface area contributed by atoms with Crippen LogP contribution in [0.15, 0.2) is 0 Å². The molecule has 0 radical (unpaired) electrons. The molecule has 0 aromatic rings. The van der Waals surface area contributed by atoms with Crippen LogP contribution in [0.1, 0.15) is 65.2 Å². The van der Waals surface area contributed by atoms with Crippen molar-refractivity contribution < 1.29 is 53.4 Å². The highest BCUT2D eigenvalue weighted by Crippen LogP contribution is 2.61. The highest BCUT2D eigenvalue weighted by molar-refractivity contribution is 5.77. The molecule has 2 saturated carbocycles. The van der Waals surface area contributed by atoms with Crippen molar-refractivity contribution in [3.63, 3.8) is 0 Å². The van der Waals surface area contributed by atoms with E-state index in [1.54, 1.807) is 9.80 Å². The zero-order valence-electron chi connectivity index (χ0n) is 27.2. The van der Waals surface area contributed by atoms with E-state index in [9.17, 15) is 30.0 Å². The number of piperidine rings is 1. The predicted molar refractivity (Wildman–Crippen MR) is 163 cm³/mol. The average molecular weight is 664 g/mol. The number of hydrogen-bond donors (Lipinski definition) is 6. The Morgan fingerprint density at radius 2 is 1.61 bits per heavy atom. The molecule has 12 nitrogen and oxygen atoms in total. The largest absolute Gasteiger partial charge is 0.447 e. The van der Waals surface area contributed by atoms with Gasteiger partial charge in [-0.1, -0.05) is 0 Å². The maximum absolute atomic E-state index is 15.0. The normalized spacial score (nSPS) is 30.5. The summed E-state index contributed by atoms with van der Waals surface area (Å²) in [5.74, 6) is -0.605. The molecule has 4 fully saturated rings. The summed E-state index contributed by atoms with van der Waals surface area (Å²) in [5.41, 5.74) is 0.309. The van der Waals surface area contributed by atoms with Crippen LogP contribution in [0.5, 0.6) is 0 Å². The second kappa shape index (κ2) is 16.6. The summed E-state index contributed by atoms with van der Waals surface area (Å²) in [5, 5.41) is 50.7. The van der Waals surface area contributed by atoms with E-state index in [-0.39, 0.29) is 49.8 Å². The van der Waals surface area contributed by atoms with E-state index in [0.29, 0.717) is 37.6 Å². The summed E-state index contributed by atoms with van der Waals surface area (Å²) < 4.78 is 41.2. The van der Waals surface area contributed by atoms with Crippen molar-refractivity contribution in [2.24, 2.45) is 23.2 Å². The first kappa shape index (κ1) is 37.1. The molecule has 46 heavy (non-hydrogen) atoms. The lowest BCUT2D eigenvalue weighted by Crippen LogP contribution is -2.55. The second-order valence-electron chi connectivity index (χ2n) is 14.3. The van der Waals surface area contributed by atoms with Crippen molar-refractivity contribution in [1.82, 2.24) is 15.1 Å². The van der Waals surface area contributed by atoms with Gasteiger partial charge in [-0.15, -0.1) is 0 Å². The highest BCUT2D eigenvalue weighted by atomic mass is 19.1. The topological polar surface area (TPSA) is 172 Å². The Morgan fingerprint density at radius 3 is 2.22 bits per heavy atom. The minimum absolute atomic E-state index is 0.0691. The van der Waals surface area contributed by atoms with E-state index in [1.807, 2.05) is 13.8 Å². The number of carbonyl (C=O) groups is 2. The predicted octanol–water partition coefficient (Wildman–Crippen LogP) is 0.759. The number of ether oxygens (including phenoxy) is 2. The third-order valence-electron chi connectivity index (χ3n) is 10.5. The number of hydrogen-bond acceptors (Lipinski definition) is 10. The van der Waals surface area contributed by atoms with Crippen LogP contribution in [-0.4, -0.2) is 149 Å². The van der Waals surface area contributed by atoms with E-state index < -0.39 is 55.4 Å². The van der Waals surface area contributed by atoms with E-state index in [0.717, 1.165) is 45.2 Å². The minimum atomic E-state index is -1.70. The summed E-state index contributed by atoms with van der Waals surface area (Å²) >= 11 is 0. The molecule has 2 saturated heterocycles. The molecule has 2 heterocycles. The van der Waals surface area contributed by atoms with Gasteiger partial charge in [-0.05, 0) is 57.3 Å². The molecular weight excluding hydrogens is 608 g/mol. The number of alkyl halides is 2. The third kappa shape index (κ3) is 9.70. The number of likely N-dealkylation sites (tertiary alicyclic amines) is 2. The Kier molecular flexibility index (Phi) is 13.4. The summed E-state index contributed by atoms with van der Waals surface area (Å²) in [6.45, 7) is 6.01. The molecule has 3 unspecified atom stereocenters. The number of nitrogens with zero attached hydrogens (tertiary/aromatic N) is 2. The van der Waals surface area contributed by atoms with Gasteiger partial charge in [0.2, 0.25) is 5.91 Å². The van der Waals surface area contributed by atoms with Gasteiger partial charge in [0, 0.05) is 77.0 Å². The summed E-state index contributed by atoms with van der Waals surface area (Å²) in [4.78, 5) is 28.2. The van der Waals surface area contributed by atoms with Crippen LogP contribution in [0.3, 0.4) is 0 Å². The van der Waals surface area contributed by atoms with E-state index in [1.165, 1.54) is 0 Å². The average Bonchev–Trinajstić information content (AvgIpc) is 3.67. The molecule has 266 valence electrons. The van der Waals surface area contributed by atoms with Crippen molar-refractivity contribution in [3.8, 4) is 0 Å². The number of rotatable bonds is 16. The Balaban J connectivity index is 1.05. The molecule has 7 atom stereocenters. The van der Waals surface area contributed by atoms with Crippen LogP contribution in [0.4, 0.5) is 13.6 Å². The lowest BCUT2D eigenvalue weighted by atomic mass is 9.81. The third-order valence-corrected chi connectivity index (χ3v) is 10.5. The van der Waals surface area contributed by atoms with Crippen LogP contribution in [-0.2, 0) is 14.3 Å². The summed E-state index contributed by atoms with van der Waals surface area (Å²) in [6, 6.07) is 0. The molecule has 0 aromatic carbocycles. The lowest BCUT2D eigenvalue weighted by Gasteiger charge is -2.41. The number of aliphatic hydroxyl groups excluding tert-OH is 5. The van der Waals surface area contributed by atoms with Crippen molar-refractivity contribution in [3.05, 3.63) is 0 Å². The van der Waals surface area contributed by atoms with E-state index in [2.05, 4.69) is 5.32 Å².